The van der Waals surface area contributed by atoms with E-state index in [0.29, 0.717) is 17.5 Å². The van der Waals surface area contributed by atoms with E-state index in [0.717, 1.165) is 0 Å². The zero-order chi connectivity index (χ0) is 17.1. The van der Waals surface area contributed by atoms with Crippen molar-refractivity contribution in [3.8, 4) is 6.07 Å². The van der Waals surface area contributed by atoms with Crippen molar-refractivity contribution in [3.63, 3.8) is 0 Å². The summed E-state index contributed by atoms with van der Waals surface area (Å²) in [5.41, 5.74) is 0.933. The molecule has 2 nitrogen and oxygen atoms in total. The van der Waals surface area contributed by atoms with Gasteiger partial charge in [0.1, 0.15) is 5.82 Å². The molecule has 22 heavy (non-hydrogen) atoms. The summed E-state index contributed by atoms with van der Waals surface area (Å²) in [6, 6.07) is 6.77. The van der Waals surface area contributed by atoms with Gasteiger partial charge >= 0.3 is 0 Å². The number of benzene rings is 1. The molecule has 122 valence electrons. The molecule has 1 aromatic rings. The lowest BCUT2D eigenvalue weighted by molar-refractivity contribution is 0.181. The summed E-state index contributed by atoms with van der Waals surface area (Å²) < 4.78 is 20.4. The molecule has 1 rings (SSSR count). The molecule has 0 aliphatic carbocycles. The Kier molecular flexibility index (Phi) is 5.94. The van der Waals surface area contributed by atoms with Crippen LogP contribution in [0, 0.1) is 17.1 Å². The highest BCUT2D eigenvalue weighted by Crippen LogP contribution is 2.38. The van der Waals surface area contributed by atoms with E-state index in [2.05, 4.69) is 39.9 Å². The highest BCUT2D eigenvalue weighted by Gasteiger charge is 2.38. The maximum Gasteiger partial charge on any atom is 0.192 e. The highest BCUT2D eigenvalue weighted by molar-refractivity contribution is 6.74. The van der Waals surface area contributed by atoms with Crippen molar-refractivity contribution in [1.29, 1.82) is 5.26 Å². The van der Waals surface area contributed by atoms with Crippen LogP contribution in [-0.2, 0) is 4.43 Å². The maximum absolute atomic E-state index is 14.1. The minimum atomic E-state index is -1.83. The number of nitrogens with zero attached hydrogens (tertiary/aromatic N) is 1. The van der Waals surface area contributed by atoms with Gasteiger partial charge in [-0.1, -0.05) is 33.8 Å². The van der Waals surface area contributed by atoms with Gasteiger partial charge in [-0.2, -0.15) is 5.26 Å². The van der Waals surface area contributed by atoms with E-state index in [9.17, 15) is 9.65 Å². The monoisotopic (exact) mass is 321 g/mol. The Labute approximate surface area is 135 Å². The lowest BCUT2D eigenvalue weighted by Crippen LogP contribution is -2.43. The van der Waals surface area contributed by atoms with Crippen molar-refractivity contribution in [3.05, 3.63) is 35.1 Å². The maximum atomic E-state index is 14.1. The van der Waals surface area contributed by atoms with Crippen molar-refractivity contribution < 1.29 is 8.82 Å². The number of rotatable bonds is 5. The molecule has 0 aliphatic heterocycles. The lowest BCUT2D eigenvalue weighted by Gasteiger charge is -2.39. The summed E-state index contributed by atoms with van der Waals surface area (Å²) >= 11 is 0. The zero-order valence-corrected chi connectivity index (χ0v) is 15.8. The molecule has 0 spiro atoms. The van der Waals surface area contributed by atoms with E-state index in [4.69, 9.17) is 4.43 Å². The Morgan fingerprint density at radius 2 is 1.86 bits per heavy atom. The van der Waals surface area contributed by atoms with Crippen LogP contribution < -0.4 is 0 Å². The summed E-state index contributed by atoms with van der Waals surface area (Å²) in [6.45, 7) is 15.1. The fourth-order valence-corrected chi connectivity index (χ4v) is 3.93. The van der Waals surface area contributed by atoms with Gasteiger partial charge in [0.25, 0.3) is 0 Å². The molecule has 1 aromatic carbocycles. The van der Waals surface area contributed by atoms with Gasteiger partial charge in [0.2, 0.25) is 0 Å². The third-order valence-corrected chi connectivity index (χ3v) is 9.26. The Morgan fingerprint density at radius 3 is 2.36 bits per heavy atom. The highest BCUT2D eigenvalue weighted by atomic mass is 28.4. The van der Waals surface area contributed by atoms with E-state index in [1.54, 1.807) is 12.1 Å². The second kappa shape index (κ2) is 6.93. The Morgan fingerprint density at radius 1 is 1.27 bits per heavy atom. The van der Waals surface area contributed by atoms with Crippen LogP contribution in [0.2, 0.25) is 18.1 Å². The van der Waals surface area contributed by atoms with Crippen molar-refractivity contribution in [1.82, 2.24) is 0 Å². The summed E-state index contributed by atoms with van der Waals surface area (Å²) in [5.74, 6) is -0.346. The molecular weight excluding hydrogens is 293 g/mol. The van der Waals surface area contributed by atoms with Crippen LogP contribution in [0.25, 0.3) is 0 Å². The van der Waals surface area contributed by atoms with Gasteiger partial charge in [-0.15, -0.1) is 0 Å². The van der Waals surface area contributed by atoms with Gasteiger partial charge < -0.3 is 4.43 Å². The summed E-state index contributed by atoms with van der Waals surface area (Å²) in [6.07, 6.45) is 0.754. The standard InChI is InChI=1S/C18H28FNOSi/c1-13(17-15(12-20)9-8-10-16(17)19)11-14(2)21-22(6,7)18(3,4)5/h8-10,13-14H,11H2,1-7H3. The predicted molar refractivity (Wildman–Crippen MR) is 91.9 cm³/mol. The topological polar surface area (TPSA) is 33.0 Å². The molecule has 0 aliphatic rings. The largest absolute Gasteiger partial charge is 0.414 e. The molecule has 0 saturated heterocycles. The van der Waals surface area contributed by atoms with Crippen LogP contribution in [0.1, 0.15) is 58.1 Å². The third-order valence-electron chi connectivity index (χ3n) is 4.65. The smallest absolute Gasteiger partial charge is 0.192 e. The quantitative estimate of drug-likeness (QED) is 0.661. The van der Waals surface area contributed by atoms with Gasteiger partial charge in [0.15, 0.2) is 8.32 Å². The molecule has 2 atom stereocenters. The molecular formula is C18H28FNOSi. The fourth-order valence-electron chi connectivity index (χ4n) is 2.48. The van der Waals surface area contributed by atoms with E-state index < -0.39 is 8.32 Å². The fraction of sp³-hybridized carbons (Fsp3) is 0.611. The first-order chi connectivity index (χ1) is 9.99. The first kappa shape index (κ1) is 18.9. The lowest BCUT2D eigenvalue weighted by atomic mass is 9.91. The van der Waals surface area contributed by atoms with Crippen LogP contribution in [0.5, 0.6) is 0 Å². The molecule has 0 fully saturated rings. The van der Waals surface area contributed by atoms with Crippen molar-refractivity contribution in [2.75, 3.05) is 0 Å². The molecule has 0 amide bonds. The minimum Gasteiger partial charge on any atom is -0.414 e. The predicted octanol–water partition coefficient (Wildman–Crippen LogP) is 5.60. The van der Waals surface area contributed by atoms with E-state index in [-0.39, 0.29) is 22.9 Å². The molecule has 0 saturated carbocycles. The van der Waals surface area contributed by atoms with Gasteiger partial charge in [0.05, 0.1) is 11.6 Å². The molecule has 0 radical (unpaired) electrons. The summed E-state index contributed by atoms with van der Waals surface area (Å²) in [4.78, 5) is 0. The first-order valence-electron chi connectivity index (χ1n) is 7.86. The molecule has 0 aromatic heterocycles. The first-order valence-corrected chi connectivity index (χ1v) is 10.8. The normalized spacial score (nSPS) is 15.2. The SMILES string of the molecule is CC(CC(C)c1c(F)cccc1C#N)O[Si](C)(C)C(C)(C)C. The zero-order valence-electron chi connectivity index (χ0n) is 14.8. The third kappa shape index (κ3) is 4.41. The van der Waals surface area contributed by atoms with Gasteiger partial charge in [-0.3, -0.25) is 0 Å². The van der Waals surface area contributed by atoms with Crippen molar-refractivity contribution >= 4 is 8.32 Å². The molecule has 2 unspecified atom stereocenters. The minimum absolute atomic E-state index is 0.0436. The van der Waals surface area contributed by atoms with Crippen molar-refractivity contribution in [2.24, 2.45) is 0 Å². The Balaban J connectivity index is 2.86. The molecule has 0 N–H and O–H groups in total. The Bertz CT molecular complexity index is 557. The molecule has 0 bridgehead atoms. The second-order valence-electron chi connectivity index (χ2n) is 7.64. The Hall–Kier alpha value is -1.18. The average Bonchev–Trinajstić information content (AvgIpc) is 2.35. The van der Waals surface area contributed by atoms with Crippen LogP contribution in [0.4, 0.5) is 4.39 Å². The van der Waals surface area contributed by atoms with E-state index >= 15 is 0 Å². The van der Waals surface area contributed by atoms with Crippen LogP contribution in [-0.4, -0.2) is 14.4 Å². The molecule has 0 heterocycles. The van der Waals surface area contributed by atoms with Crippen LogP contribution in [0.15, 0.2) is 18.2 Å². The van der Waals surface area contributed by atoms with Gasteiger partial charge in [0, 0.05) is 11.7 Å². The van der Waals surface area contributed by atoms with Crippen LogP contribution >= 0.6 is 0 Å². The second-order valence-corrected chi connectivity index (χ2v) is 12.4. The number of halogens is 1. The summed E-state index contributed by atoms with van der Waals surface area (Å²) in [5, 5.41) is 9.33. The average molecular weight is 322 g/mol. The van der Waals surface area contributed by atoms with E-state index in [1.165, 1.54) is 6.07 Å². The van der Waals surface area contributed by atoms with Gasteiger partial charge in [-0.05, 0) is 49.5 Å². The number of hydrogen-bond acceptors (Lipinski definition) is 2. The van der Waals surface area contributed by atoms with E-state index in [1.807, 2.05) is 13.8 Å². The summed E-state index contributed by atoms with van der Waals surface area (Å²) in [7, 11) is -1.83. The number of nitriles is 1. The van der Waals surface area contributed by atoms with Crippen molar-refractivity contribution in [2.45, 2.75) is 71.2 Å². The molecule has 4 heteroatoms. The van der Waals surface area contributed by atoms with Crippen LogP contribution in [0.3, 0.4) is 0 Å². The number of hydrogen-bond donors (Lipinski definition) is 0. The van der Waals surface area contributed by atoms with Gasteiger partial charge in [-0.25, -0.2) is 4.39 Å².